The Bertz CT molecular complexity index is 573. The first kappa shape index (κ1) is 15.9. The quantitative estimate of drug-likeness (QED) is 0.840. The predicted octanol–water partition coefficient (Wildman–Crippen LogP) is 1.94. The van der Waals surface area contributed by atoms with Crippen LogP contribution in [0.1, 0.15) is 18.4 Å². The molecule has 1 aromatic carbocycles. The summed E-state index contributed by atoms with van der Waals surface area (Å²) in [4.78, 5) is 0. The first-order valence-electron chi connectivity index (χ1n) is 6.59. The summed E-state index contributed by atoms with van der Waals surface area (Å²) < 4.78 is 30.6. The lowest BCUT2D eigenvalue weighted by atomic mass is 10.00. The first-order chi connectivity index (χ1) is 9.36. The molecule has 1 fully saturated rings. The van der Waals surface area contributed by atoms with E-state index in [2.05, 4.69) is 15.9 Å². The molecule has 0 unspecified atom stereocenters. The molecule has 2 N–H and O–H groups in total. The summed E-state index contributed by atoms with van der Waals surface area (Å²) in [5.74, 6) is -0.0813. The van der Waals surface area contributed by atoms with Crippen molar-refractivity contribution in [2.24, 2.45) is 11.1 Å². The van der Waals surface area contributed by atoms with E-state index >= 15 is 0 Å². The van der Waals surface area contributed by atoms with Crippen molar-refractivity contribution >= 4 is 25.8 Å². The average Bonchev–Trinajstić information content (AvgIpc) is 3.07. The van der Waals surface area contributed by atoms with Crippen LogP contribution < -0.4 is 5.73 Å². The molecule has 4 nitrogen and oxygen atoms in total. The van der Waals surface area contributed by atoms with Crippen molar-refractivity contribution in [3.63, 3.8) is 0 Å². The van der Waals surface area contributed by atoms with Gasteiger partial charge in [0.25, 0.3) is 0 Å². The third kappa shape index (κ3) is 2.79. The van der Waals surface area contributed by atoms with E-state index in [9.17, 15) is 8.42 Å². The number of nitrogens with two attached hydrogens (primary N) is 1. The fraction of sp³-hybridized carbons (Fsp3) is 0.571. The molecule has 1 aliphatic carbocycles. The molecule has 0 radical (unpaired) electrons. The molecular weight excluding hydrogens is 342 g/mol. The Kier molecular flexibility index (Phi) is 4.59. The van der Waals surface area contributed by atoms with Crippen molar-refractivity contribution < 1.29 is 13.2 Å². The number of rotatable bonds is 6. The number of halogens is 1. The van der Waals surface area contributed by atoms with Crippen molar-refractivity contribution in [2.45, 2.75) is 18.1 Å². The van der Waals surface area contributed by atoms with E-state index < -0.39 is 20.5 Å². The lowest BCUT2D eigenvalue weighted by Gasteiger charge is -2.15. The first-order valence-corrected chi connectivity index (χ1v) is 9.33. The van der Waals surface area contributed by atoms with Crippen molar-refractivity contribution in [1.82, 2.24) is 0 Å². The van der Waals surface area contributed by atoms with E-state index in [1.54, 1.807) is 0 Å². The number of hydrogen-bond donors (Lipinski definition) is 1. The number of benzene rings is 1. The minimum atomic E-state index is -3.16. The molecule has 3 atom stereocenters. The summed E-state index contributed by atoms with van der Waals surface area (Å²) in [6.45, 7) is 3.16. The molecule has 1 saturated carbocycles. The van der Waals surface area contributed by atoms with Gasteiger partial charge in [-0.1, -0.05) is 28.1 Å². The highest BCUT2D eigenvalue weighted by atomic mass is 79.9. The molecule has 1 aliphatic rings. The Labute approximate surface area is 128 Å². The van der Waals surface area contributed by atoms with Crippen LogP contribution in [0.2, 0.25) is 0 Å². The highest BCUT2D eigenvalue weighted by molar-refractivity contribution is 9.10. The molecule has 20 heavy (non-hydrogen) atoms. The van der Waals surface area contributed by atoms with Gasteiger partial charge in [0, 0.05) is 35.2 Å². The molecule has 6 heteroatoms. The van der Waals surface area contributed by atoms with Gasteiger partial charge in [-0.05, 0) is 24.6 Å². The Hall–Kier alpha value is -0.430. The van der Waals surface area contributed by atoms with Crippen molar-refractivity contribution in [3.8, 4) is 0 Å². The maximum Gasteiger partial charge on any atom is 0.151 e. The Morgan fingerprint density at radius 1 is 1.35 bits per heavy atom. The van der Waals surface area contributed by atoms with Gasteiger partial charge in [0.2, 0.25) is 0 Å². The summed E-state index contributed by atoms with van der Waals surface area (Å²) in [5.41, 5.74) is 6.42. The van der Waals surface area contributed by atoms with Gasteiger partial charge in [0.15, 0.2) is 9.84 Å². The third-order valence-corrected chi connectivity index (χ3v) is 6.22. The number of sulfone groups is 1. The molecule has 0 aromatic heterocycles. The smallest absolute Gasteiger partial charge is 0.151 e. The average molecular weight is 362 g/mol. The van der Waals surface area contributed by atoms with Crippen molar-refractivity contribution in [2.75, 3.05) is 26.0 Å². The van der Waals surface area contributed by atoms with E-state index in [4.69, 9.17) is 10.5 Å². The Balaban J connectivity index is 2.36. The van der Waals surface area contributed by atoms with Gasteiger partial charge >= 0.3 is 0 Å². The van der Waals surface area contributed by atoms with Gasteiger partial charge in [-0.15, -0.1) is 0 Å². The van der Waals surface area contributed by atoms with Crippen LogP contribution in [0.5, 0.6) is 0 Å². The lowest BCUT2D eigenvalue weighted by Crippen LogP contribution is -2.28. The second-order valence-electron chi connectivity index (χ2n) is 5.35. The standard InChI is InChI=1S/C14H20BrNO3S/c1-3-19-9-14(8-16)12(13(14)20(2,17)18)10-4-6-11(15)7-5-10/h4-7,12-13H,3,8-9,16H2,1-2H3/t12-,13+,14+/m1/s1. The SMILES string of the molecule is CCOC[C@@]1(CN)[C@H](c2ccc(Br)cc2)[C@@H]1S(C)(=O)=O. The van der Waals surface area contributed by atoms with Gasteiger partial charge in [0.05, 0.1) is 11.9 Å². The summed E-state index contributed by atoms with van der Waals surface area (Å²) in [6.07, 6.45) is 1.28. The fourth-order valence-electron chi connectivity index (χ4n) is 3.07. The predicted molar refractivity (Wildman–Crippen MR) is 83.5 cm³/mol. The van der Waals surface area contributed by atoms with E-state index in [-0.39, 0.29) is 5.92 Å². The second-order valence-corrected chi connectivity index (χ2v) is 8.44. The topological polar surface area (TPSA) is 69.4 Å². The van der Waals surface area contributed by atoms with E-state index in [1.165, 1.54) is 6.26 Å². The van der Waals surface area contributed by atoms with Crippen LogP contribution in [-0.4, -0.2) is 39.7 Å². The van der Waals surface area contributed by atoms with Crippen LogP contribution in [0.15, 0.2) is 28.7 Å². The zero-order valence-corrected chi connectivity index (χ0v) is 14.1. The number of hydrogen-bond acceptors (Lipinski definition) is 4. The van der Waals surface area contributed by atoms with E-state index in [0.717, 1.165) is 10.0 Å². The maximum atomic E-state index is 12.1. The lowest BCUT2D eigenvalue weighted by molar-refractivity contribution is 0.101. The summed E-state index contributed by atoms with van der Waals surface area (Å²) in [5, 5.41) is -0.451. The highest BCUT2D eigenvalue weighted by Gasteiger charge is 2.69. The van der Waals surface area contributed by atoms with E-state index in [1.807, 2.05) is 31.2 Å². The molecule has 0 saturated heterocycles. The molecule has 0 amide bonds. The number of ether oxygens (including phenoxy) is 1. The van der Waals surface area contributed by atoms with Gasteiger partial charge in [-0.3, -0.25) is 0 Å². The highest BCUT2D eigenvalue weighted by Crippen LogP contribution is 2.62. The zero-order valence-electron chi connectivity index (χ0n) is 11.7. The molecule has 0 bridgehead atoms. The van der Waals surface area contributed by atoms with Crippen LogP contribution >= 0.6 is 15.9 Å². The molecular formula is C14H20BrNO3S. The van der Waals surface area contributed by atoms with Gasteiger partial charge in [-0.2, -0.15) is 0 Å². The van der Waals surface area contributed by atoms with E-state index in [0.29, 0.717) is 19.8 Å². The zero-order chi connectivity index (χ0) is 15.0. The van der Waals surface area contributed by atoms with Crippen LogP contribution in [0.25, 0.3) is 0 Å². The van der Waals surface area contributed by atoms with Gasteiger partial charge < -0.3 is 10.5 Å². The minimum Gasteiger partial charge on any atom is -0.381 e. The van der Waals surface area contributed by atoms with Crippen LogP contribution in [0.4, 0.5) is 0 Å². The second kappa shape index (κ2) is 5.75. The van der Waals surface area contributed by atoms with Gasteiger partial charge in [-0.25, -0.2) is 8.42 Å². The molecule has 0 spiro atoms. The molecule has 2 rings (SSSR count). The normalized spacial score (nSPS) is 29.4. The molecule has 0 heterocycles. The molecule has 0 aliphatic heterocycles. The maximum absolute atomic E-state index is 12.1. The Morgan fingerprint density at radius 2 is 1.95 bits per heavy atom. The van der Waals surface area contributed by atoms with Crippen molar-refractivity contribution in [1.29, 1.82) is 0 Å². The summed E-state index contributed by atoms with van der Waals surface area (Å²) in [6, 6.07) is 7.76. The van der Waals surface area contributed by atoms with Crippen LogP contribution in [0.3, 0.4) is 0 Å². The summed E-state index contributed by atoms with van der Waals surface area (Å²) in [7, 11) is -3.16. The summed E-state index contributed by atoms with van der Waals surface area (Å²) >= 11 is 3.39. The minimum absolute atomic E-state index is 0.0813. The molecule has 1 aromatic rings. The van der Waals surface area contributed by atoms with Crippen LogP contribution in [0, 0.1) is 5.41 Å². The fourth-order valence-corrected chi connectivity index (χ4v) is 5.34. The van der Waals surface area contributed by atoms with Crippen molar-refractivity contribution in [3.05, 3.63) is 34.3 Å². The Morgan fingerprint density at radius 3 is 2.40 bits per heavy atom. The molecule has 112 valence electrons. The van der Waals surface area contributed by atoms with Gasteiger partial charge in [0.1, 0.15) is 0 Å². The third-order valence-electron chi connectivity index (χ3n) is 4.02. The monoisotopic (exact) mass is 361 g/mol. The van der Waals surface area contributed by atoms with Crippen LogP contribution in [-0.2, 0) is 14.6 Å². The largest absolute Gasteiger partial charge is 0.381 e.